The van der Waals surface area contributed by atoms with Gasteiger partial charge in [0.2, 0.25) is 0 Å². The Kier molecular flexibility index (Phi) is 8.77. The van der Waals surface area contributed by atoms with E-state index in [4.69, 9.17) is 4.74 Å². The van der Waals surface area contributed by atoms with Gasteiger partial charge in [-0.25, -0.2) is 0 Å². The summed E-state index contributed by atoms with van der Waals surface area (Å²) in [4.78, 5) is 0. The van der Waals surface area contributed by atoms with Crippen LogP contribution in [0.5, 0.6) is 5.75 Å². The number of methoxy groups -OCH3 is 1. The maximum absolute atomic E-state index is 13.1. The summed E-state index contributed by atoms with van der Waals surface area (Å²) in [6.45, 7) is 0. The van der Waals surface area contributed by atoms with E-state index in [2.05, 4.69) is 4.40 Å². The summed E-state index contributed by atoms with van der Waals surface area (Å²) in [5.41, 5.74) is -4.59. The summed E-state index contributed by atoms with van der Waals surface area (Å²) < 4.78 is 109. The standard InChI is InChI=1S/C18H13F6NO4S.Na/c1-29-13-4-2-3-11(9-13)7-8-30(27,28)25-16(26)14-6-5-12(17(19,20)21)10-15(14)18(22,23)24;/h2-10H,1H3,(H,25,26);/q;+1/p-1/b8-7+;. The van der Waals surface area contributed by atoms with E-state index in [-0.39, 0.29) is 47.8 Å². The van der Waals surface area contributed by atoms with Crippen molar-refractivity contribution < 1.29 is 74.2 Å². The largest absolute Gasteiger partial charge is 1.00 e. The fraction of sp³-hybridized carbons (Fsp3) is 0.167. The smallest absolute Gasteiger partial charge is 0.858 e. The average Bonchev–Trinajstić information content (AvgIpc) is 2.64. The molecule has 0 radical (unpaired) electrons. The zero-order valence-corrected chi connectivity index (χ0v) is 18.8. The second kappa shape index (κ2) is 10.1. The molecule has 0 spiro atoms. The summed E-state index contributed by atoms with van der Waals surface area (Å²) >= 11 is 0. The summed E-state index contributed by atoms with van der Waals surface area (Å²) in [6.07, 6.45) is -9.42. The van der Waals surface area contributed by atoms with Crippen molar-refractivity contribution in [1.82, 2.24) is 0 Å². The molecule has 0 aliphatic carbocycles. The summed E-state index contributed by atoms with van der Waals surface area (Å²) in [7, 11) is -3.31. The van der Waals surface area contributed by atoms with Crippen molar-refractivity contribution in [1.29, 1.82) is 0 Å². The quantitative estimate of drug-likeness (QED) is 0.278. The van der Waals surface area contributed by atoms with Crippen LogP contribution in [0.25, 0.3) is 6.08 Å². The topological polar surface area (TPSA) is 78.8 Å². The van der Waals surface area contributed by atoms with Gasteiger partial charge in [0.05, 0.1) is 23.6 Å². The Labute approximate surface area is 195 Å². The minimum atomic E-state index is -5.35. The second-order valence-electron chi connectivity index (χ2n) is 5.75. The number of hydrogen-bond acceptors (Lipinski definition) is 4. The van der Waals surface area contributed by atoms with Crippen LogP contribution in [0.15, 0.2) is 52.3 Å². The van der Waals surface area contributed by atoms with Gasteiger partial charge >= 0.3 is 41.9 Å². The molecule has 0 saturated carbocycles. The Morgan fingerprint density at radius 1 is 1.03 bits per heavy atom. The van der Waals surface area contributed by atoms with Gasteiger partial charge < -0.3 is 9.84 Å². The molecule has 0 saturated heterocycles. The van der Waals surface area contributed by atoms with Crippen molar-refractivity contribution in [3.05, 3.63) is 70.1 Å². The molecule has 0 heterocycles. The molecule has 0 amide bonds. The Bertz CT molecular complexity index is 1090. The average molecular weight is 475 g/mol. The Morgan fingerprint density at radius 3 is 2.23 bits per heavy atom. The van der Waals surface area contributed by atoms with Crippen LogP contribution in [0.4, 0.5) is 26.3 Å². The Balaban J connectivity index is 0.00000480. The molecule has 162 valence electrons. The molecule has 0 aromatic heterocycles. The van der Waals surface area contributed by atoms with Crippen molar-refractivity contribution in [2.45, 2.75) is 12.4 Å². The van der Waals surface area contributed by atoms with Crippen LogP contribution in [-0.4, -0.2) is 21.4 Å². The maximum atomic E-state index is 13.1. The van der Waals surface area contributed by atoms with Crippen LogP contribution in [0.2, 0.25) is 0 Å². The molecule has 2 aromatic carbocycles. The van der Waals surface area contributed by atoms with Crippen LogP contribution in [-0.2, 0) is 22.4 Å². The van der Waals surface area contributed by atoms with Crippen molar-refractivity contribution in [2.75, 3.05) is 7.11 Å². The minimum absolute atomic E-state index is 0. The van der Waals surface area contributed by atoms with E-state index in [9.17, 15) is 39.9 Å². The number of alkyl halides is 6. The Hall–Kier alpha value is -2.02. The van der Waals surface area contributed by atoms with Crippen molar-refractivity contribution >= 4 is 22.0 Å². The van der Waals surface area contributed by atoms with Crippen LogP contribution in [0.1, 0.15) is 22.3 Å². The van der Waals surface area contributed by atoms with E-state index in [1.54, 1.807) is 6.07 Å². The summed E-state index contributed by atoms with van der Waals surface area (Å²) in [5, 5.41) is 12.5. The van der Waals surface area contributed by atoms with Crippen LogP contribution in [0, 0.1) is 0 Å². The van der Waals surface area contributed by atoms with E-state index in [0.717, 1.165) is 6.08 Å². The molecule has 0 unspecified atom stereocenters. The van der Waals surface area contributed by atoms with E-state index in [1.807, 2.05) is 0 Å². The molecule has 5 nitrogen and oxygen atoms in total. The van der Waals surface area contributed by atoms with Gasteiger partial charge in [-0.3, -0.25) is 0 Å². The molecule has 0 atom stereocenters. The number of rotatable bonds is 5. The zero-order chi connectivity index (χ0) is 22.7. The third-order valence-electron chi connectivity index (χ3n) is 3.62. The number of benzene rings is 2. The monoisotopic (exact) mass is 475 g/mol. The van der Waals surface area contributed by atoms with Gasteiger partial charge in [0.25, 0.3) is 10.0 Å². The van der Waals surface area contributed by atoms with Crippen molar-refractivity contribution in [3.63, 3.8) is 0 Å². The first-order valence-electron chi connectivity index (χ1n) is 7.86. The van der Waals surface area contributed by atoms with Crippen LogP contribution >= 0.6 is 0 Å². The van der Waals surface area contributed by atoms with Gasteiger partial charge in [-0.2, -0.15) is 39.2 Å². The molecule has 0 aliphatic heterocycles. The van der Waals surface area contributed by atoms with Gasteiger partial charge in [-0.05, 0) is 41.5 Å². The van der Waals surface area contributed by atoms with E-state index in [0.29, 0.717) is 16.7 Å². The molecule has 2 aromatic rings. The first-order chi connectivity index (χ1) is 13.7. The predicted molar refractivity (Wildman–Crippen MR) is 93.9 cm³/mol. The van der Waals surface area contributed by atoms with Gasteiger partial charge in [0.1, 0.15) is 5.75 Å². The predicted octanol–water partition coefficient (Wildman–Crippen LogP) is 0.844. The number of sulfonamides is 1. The fourth-order valence-corrected chi connectivity index (χ4v) is 2.97. The van der Waals surface area contributed by atoms with E-state index >= 15 is 0 Å². The first kappa shape index (κ1) is 27.0. The summed E-state index contributed by atoms with van der Waals surface area (Å²) in [6, 6.07) is 6.21. The molecule has 13 heteroatoms. The maximum Gasteiger partial charge on any atom is 1.00 e. The molecule has 0 N–H and O–H groups in total. The number of halogens is 6. The molecule has 0 aliphatic rings. The number of ether oxygens (including phenoxy) is 1. The molecule has 2 rings (SSSR count). The number of hydrogen-bond donors (Lipinski definition) is 0. The van der Waals surface area contributed by atoms with Crippen molar-refractivity contribution in [2.24, 2.45) is 4.40 Å². The third kappa shape index (κ3) is 7.56. The van der Waals surface area contributed by atoms with Gasteiger partial charge in [-0.15, -0.1) is 0 Å². The molecule has 0 bridgehead atoms. The minimum Gasteiger partial charge on any atom is -0.858 e. The van der Waals surface area contributed by atoms with Gasteiger partial charge in [0.15, 0.2) is 0 Å². The van der Waals surface area contributed by atoms with E-state index < -0.39 is 45.0 Å². The molecular weight excluding hydrogens is 463 g/mol. The van der Waals surface area contributed by atoms with Gasteiger partial charge in [-0.1, -0.05) is 18.2 Å². The fourth-order valence-electron chi connectivity index (χ4n) is 2.25. The molecule has 0 fully saturated rings. The molecular formula is C18H12F6NNaO4S. The zero-order valence-electron chi connectivity index (χ0n) is 16.0. The van der Waals surface area contributed by atoms with E-state index in [1.165, 1.54) is 25.3 Å². The molecule has 31 heavy (non-hydrogen) atoms. The van der Waals surface area contributed by atoms with Crippen LogP contribution in [0.3, 0.4) is 0 Å². The third-order valence-corrected chi connectivity index (χ3v) is 4.52. The van der Waals surface area contributed by atoms with Gasteiger partial charge in [0, 0.05) is 5.90 Å². The van der Waals surface area contributed by atoms with Crippen LogP contribution < -0.4 is 39.4 Å². The number of nitrogens with zero attached hydrogens (tertiary/aromatic N) is 1. The summed E-state index contributed by atoms with van der Waals surface area (Å²) in [5.74, 6) is -1.46. The Morgan fingerprint density at radius 2 is 1.68 bits per heavy atom. The SMILES string of the molecule is COc1cccc(/C=C/S(=O)(=O)/N=C(\[O-])c2ccc(C(F)(F)F)cc2C(F)(F)F)c1.[Na+]. The normalized spacial score (nSPS) is 13.2. The second-order valence-corrected chi connectivity index (χ2v) is 7.23. The van der Waals surface area contributed by atoms with Crippen molar-refractivity contribution in [3.8, 4) is 5.75 Å². The first-order valence-corrected chi connectivity index (χ1v) is 9.36.